The van der Waals surface area contributed by atoms with Gasteiger partial charge in [0.25, 0.3) is 5.56 Å². The Hall–Kier alpha value is -2.64. The van der Waals surface area contributed by atoms with Crippen molar-refractivity contribution in [1.29, 1.82) is 0 Å². The monoisotopic (exact) mass is 268 g/mol. The Morgan fingerprint density at radius 2 is 2.21 bits per heavy atom. The lowest BCUT2D eigenvalue weighted by atomic mass is 10.2. The summed E-state index contributed by atoms with van der Waals surface area (Å²) in [6.45, 7) is 1.35. The van der Waals surface area contributed by atoms with Gasteiger partial charge in [0.1, 0.15) is 5.76 Å². The van der Waals surface area contributed by atoms with E-state index in [0.717, 1.165) is 10.8 Å². The average molecular weight is 268 g/mol. The van der Waals surface area contributed by atoms with Crippen molar-refractivity contribution in [3.8, 4) is 0 Å². The quantitative estimate of drug-likeness (QED) is 0.834. The number of H-pyrrole nitrogens is 1. The fourth-order valence-corrected chi connectivity index (χ4v) is 1.61. The van der Waals surface area contributed by atoms with E-state index in [1.807, 2.05) is 0 Å². The van der Waals surface area contributed by atoms with Gasteiger partial charge < -0.3 is 9.52 Å². The van der Waals surface area contributed by atoms with E-state index in [1.165, 1.54) is 13.0 Å². The number of carbonyl (C=O) groups is 1. The van der Waals surface area contributed by atoms with Crippen LogP contribution in [-0.2, 0) is 6.54 Å². The smallest absolute Gasteiger partial charge is 0.372 e. The van der Waals surface area contributed by atoms with E-state index >= 15 is 0 Å². The highest BCUT2D eigenvalue weighted by Gasteiger charge is 2.15. The molecule has 8 heteroatoms. The zero-order chi connectivity index (χ0) is 14.2. The van der Waals surface area contributed by atoms with Gasteiger partial charge in [0.05, 0.1) is 12.7 Å². The predicted octanol–water partition coefficient (Wildman–Crippen LogP) is 0.324. The van der Waals surface area contributed by atoms with Crippen LogP contribution in [0.4, 0.5) is 4.39 Å². The zero-order valence-electron chi connectivity index (χ0n) is 9.77. The summed E-state index contributed by atoms with van der Waals surface area (Å²) in [7, 11) is 0. The van der Waals surface area contributed by atoms with Crippen molar-refractivity contribution in [3.05, 3.63) is 56.0 Å². The Kier molecular flexibility index (Phi) is 3.07. The van der Waals surface area contributed by atoms with E-state index in [9.17, 15) is 18.8 Å². The molecule has 2 rings (SSSR count). The molecular formula is C11H9FN2O5. The van der Waals surface area contributed by atoms with Crippen LogP contribution < -0.4 is 11.2 Å². The highest BCUT2D eigenvalue weighted by molar-refractivity contribution is 5.86. The molecule has 0 aromatic carbocycles. The van der Waals surface area contributed by atoms with Gasteiger partial charge in [-0.15, -0.1) is 0 Å². The molecule has 7 nitrogen and oxygen atoms in total. The highest BCUT2D eigenvalue weighted by Crippen LogP contribution is 2.15. The molecule has 0 unspecified atom stereocenters. The summed E-state index contributed by atoms with van der Waals surface area (Å²) >= 11 is 0. The number of rotatable bonds is 3. The number of hydrogen-bond donors (Lipinski definition) is 2. The van der Waals surface area contributed by atoms with Gasteiger partial charge in [0.15, 0.2) is 0 Å². The summed E-state index contributed by atoms with van der Waals surface area (Å²) in [6, 6.07) is 1.43. The molecule has 0 spiro atoms. The lowest BCUT2D eigenvalue weighted by Crippen LogP contribution is -2.31. The maximum atomic E-state index is 13.0. The molecule has 0 saturated carbocycles. The molecule has 0 atom stereocenters. The van der Waals surface area contributed by atoms with Gasteiger partial charge >= 0.3 is 11.7 Å². The third-order valence-corrected chi connectivity index (χ3v) is 2.46. The molecule has 0 aliphatic carbocycles. The van der Waals surface area contributed by atoms with Crippen LogP contribution in [0, 0.1) is 12.7 Å². The standard InChI is InChI=1S/C11H9FN2O5/c1-5-2-6(19-8(5)10(16)17)3-14-4-7(12)9(15)13-11(14)18/h2,4H,3H2,1H3,(H,16,17)(H,13,15,18). The number of furan rings is 1. The fourth-order valence-electron chi connectivity index (χ4n) is 1.61. The van der Waals surface area contributed by atoms with Gasteiger partial charge in [-0.3, -0.25) is 14.3 Å². The Morgan fingerprint density at radius 3 is 2.79 bits per heavy atom. The lowest BCUT2D eigenvalue weighted by Gasteiger charge is -2.01. The van der Waals surface area contributed by atoms with E-state index in [0.29, 0.717) is 5.56 Å². The average Bonchev–Trinajstić information content (AvgIpc) is 2.67. The van der Waals surface area contributed by atoms with E-state index in [1.54, 1.807) is 4.98 Å². The van der Waals surface area contributed by atoms with Crippen LogP contribution >= 0.6 is 0 Å². The lowest BCUT2D eigenvalue weighted by molar-refractivity contribution is 0.0659. The van der Waals surface area contributed by atoms with Crippen molar-refractivity contribution in [2.45, 2.75) is 13.5 Å². The summed E-state index contributed by atoms with van der Waals surface area (Å²) in [5.74, 6) is -2.42. The van der Waals surface area contributed by atoms with Crippen molar-refractivity contribution in [2.24, 2.45) is 0 Å². The van der Waals surface area contributed by atoms with Crippen LogP contribution in [0.3, 0.4) is 0 Å². The third-order valence-electron chi connectivity index (χ3n) is 2.46. The molecule has 19 heavy (non-hydrogen) atoms. The molecule has 0 saturated heterocycles. The SMILES string of the molecule is Cc1cc(Cn2cc(F)c(=O)[nH]c2=O)oc1C(=O)O. The molecule has 0 aliphatic heterocycles. The van der Waals surface area contributed by atoms with Gasteiger partial charge in [-0.2, -0.15) is 4.39 Å². The van der Waals surface area contributed by atoms with Crippen LogP contribution in [0.1, 0.15) is 21.9 Å². The first-order valence-electron chi connectivity index (χ1n) is 5.20. The van der Waals surface area contributed by atoms with Gasteiger partial charge in [-0.05, 0) is 13.0 Å². The molecular weight excluding hydrogens is 259 g/mol. The van der Waals surface area contributed by atoms with Crippen molar-refractivity contribution in [2.75, 3.05) is 0 Å². The molecule has 100 valence electrons. The second-order valence-corrected chi connectivity index (χ2v) is 3.89. The number of nitrogens with one attached hydrogen (secondary N) is 1. The zero-order valence-corrected chi connectivity index (χ0v) is 9.77. The summed E-state index contributed by atoms with van der Waals surface area (Å²) in [6.07, 6.45) is 0.736. The first kappa shape index (κ1) is 12.8. The first-order chi connectivity index (χ1) is 8.88. The van der Waals surface area contributed by atoms with Crippen LogP contribution in [0.2, 0.25) is 0 Å². The van der Waals surface area contributed by atoms with Crippen molar-refractivity contribution >= 4 is 5.97 Å². The minimum absolute atomic E-state index is 0.170. The first-order valence-corrected chi connectivity index (χ1v) is 5.20. The van der Waals surface area contributed by atoms with Crippen LogP contribution in [-0.4, -0.2) is 20.6 Å². The number of aromatic amines is 1. The number of carboxylic acids is 1. The molecule has 2 N–H and O–H groups in total. The van der Waals surface area contributed by atoms with Gasteiger partial charge in [0, 0.05) is 5.56 Å². The number of aromatic carboxylic acids is 1. The van der Waals surface area contributed by atoms with Gasteiger partial charge in [0.2, 0.25) is 11.6 Å². The Morgan fingerprint density at radius 1 is 1.53 bits per heavy atom. The topological polar surface area (TPSA) is 105 Å². The summed E-state index contributed by atoms with van der Waals surface area (Å²) in [5.41, 5.74) is -1.53. The van der Waals surface area contributed by atoms with Crippen LogP contribution in [0.25, 0.3) is 0 Å². The minimum Gasteiger partial charge on any atom is -0.475 e. The van der Waals surface area contributed by atoms with Crippen LogP contribution in [0.5, 0.6) is 0 Å². The number of aryl methyl sites for hydroxylation is 1. The van der Waals surface area contributed by atoms with E-state index in [4.69, 9.17) is 9.52 Å². The number of nitrogens with zero attached hydrogens (tertiary/aromatic N) is 1. The fraction of sp³-hybridized carbons (Fsp3) is 0.182. The maximum Gasteiger partial charge on any atom is 0.372 e. The summed E-state index contributed by atoms with van der Waals surface area (Å²) < 4.78 is 19.0. The van der Waals surface area contributed by atoms with Gasteiger partial charge in [-0.1, -0.05) is 0 Å². The largest absolute Gasteiger partial charge is 0.475 e. The van der Waals surface area contributed by atoms with E-state index < -0.39 is 23.0 Å². The Labute approximate surface area is 104 Å². The predicted molar refractivity (Wildman–Crippen MR) is 60.8 cm³/mol. The number of hydrogen-bond acceptors (Lipinski definition) is 4. The van der Waals surface area contributed by atoms with Gasteiger partial charge in [-0.25, -0.2) is 9.59 Å². The van der Waals surface area contributed by atoms with Crippen molar-refractivity contribution < 1.29 is 18.7 Å². The van der Waals surface area contributed by atoms with E-state index in [-0.39, 0.29) is 18.1 Å². The number of carboxylic acid groups (broad SMARTS) is 1. The molecule has 2 aromatic heterocycles. The van der Waals surface area contributed by atoms with Crippen molar-refractivity contribution in [3.63, 3.8) is 0 Å². The minimum atomic E-state index is -1.23. The normalized spacial score (nSPS) is 10.6. The molecule has 2 aromatic rings. The number of aromatic nitrogens is 2. The molecule has 0 amide bonds. The Balaban J connectivity index is 2.39. The molecule has 0 radical (unpaired) electrons. The highest BCUT2D eigenvalue weighted by atomic mass is 19.1. The molecule has 0 fully saturated rings. The molecule has 0 bridgehead atoms. The van der Waals surface area contributed by atoms with E-state index in [2.05, 4.69) is 0 Å². The second kappa shape index (κ2) is 4.56. The number of halogens is 1. The maximum absolute atomic E-state index is 13.0. The third kappa shape index (κ3) is 2.46. The summed E-state index contributed by atoms with van der Waals surface area (Å²) in [4.78, 5) is 34.8. The Bertz CT molecular complexity index is 755. The second-order valence-electron chi connectivity index (χ2n) is 3.89. The van der Waals surface area contributed by atoms with Crippen LogP contribution in [0.15, 0.2) is 26.3 Å². The molecule has 0 aliphatic rings. The van der Waals surface area contributed by atoms with Crippen molar-refractivity contribution in [1.82, 2.24) is 9.55 Å². The summed E-state index contributed by atoms with van der Waals surface area (Å²) in [5, 5.41) is 8.81. The molecule has 2 heterocycles.